The molecule has 0 saturated carbocycles. The van der Waals surface area contributed by atoms with Gasteiger partial charge in [-0.2, -0.15) is 13.2 Å². The molecule has 3 N–H and O–H groups in total. The minimum absolute atomic E-state index is 0.0359. The number of amides is 2. The lowest BCUT2D eigenvalue weighted by atomic mass is 10.3. The molecule has 20 heavy (non-hydrogen) atoms. The molecule has 9 heteroatoms. The summed E-state index contributed by atoms with van der Waals surface area (Å²) in [7, 11) is 0. The van der Waals surface area contributed by atoms with Crippen LogP contribution in [0.4, 0.5) is 28.0 Å². The van der Waals surface area contributed by atoms with E-state index in [1.807, 2.05) is 0 Å². The van der Waals surface area contributed by atoms with E-state index >= 15 is 0 Å². The van der Waals surface area contributed by atoms with Crippen LogP contribution in [0.1, 0.15) is 0 Å². The van der Waals surface area contributed by atoms with E-state index in [-0.39, 0.29) is 18.8 Å². The molecule has 0 saturated heterocycles. The van der Waals surface area contributed by atoms with Crippen LogP contribution in [0.2, 0.25) is 0 Å². The molecule has 112 valence electrons. The fourth-order valence-electron chi connectivity index (χ4n) is 1.21. The standard InChI is InChI=1S/C11H12F4N2O3/c12-7-1-2-8(17-10(19)16-3-4-18)9(5-7)20-6-11(13,14)15/h1-2,5,18H,3-4,6H2,(H2,16,17,19). The average molecular weight is 296 g/mol. The molecule has 0 aliphatic heterocycles. The van der Waals surface area contributed by atoms with Gasteiger partial charge in [0.25, 0.3) is 0 Å². The Bertz CT molecular complexity index is 465. The molecule has 0 fully saturated rings. The third-order valence-electron chi connectivity index (χ3n) is 1.98. The number of rotatable bonds is 5. The van der Waals surface area contributed by atoms with Crippen LogP contribution in [0.15, 0.2) is 18.2 Å². The monoisotopic (exact) mass is 296 g/mol. The Morgan fingerprint density at radius 3 is 2.65 bits per heavy atom. The van der Waals surface area contributed by atoms with E-state index in [9.17, 15) is 22.4 Å². The number of benzene rings is 1. The van der Waals surface area contributed by atoms with Crippen LogP contribution in [0.5, 0.6) is 5.75 Å². The largest absolute Gasteiger partial charge is 0.482 e. The molecule has 1 aromatic rings. The lowest BCUT2D eigenvalue weighted by molar-refractivity contribution is -0.153. The molecule has 5 nitrogen and oxygen atoms in total. The molecule has 1 rings (SSSR count). The van der Waals surface area contributed by atoms with E-state index in [0.717, 1.165) is 18.2 Å². The number of anilines is 1. The molecule has 0 spiro atoms. The second-order valence-corrected chi connectivity index (χ2v) is 3.65. The van der Waals surface area contributed by atoms with Crippen LogP contribution in [-0.4, -0.2) is 37.1 Å². The summed E-state index contributed by atoms with van der Waals surface area (Å²) in [6.07, 6.45) is -4.58. The zero-order valence-electron chi connectivity index (χ0n) is 10.1. The number of nitrogens with one attached hydrogen (secondary N) is 2. The number of halogens is 4. The van der Waals surface area contributed by atoms with E-state index in [1.165, 1.54) is 0 Å². The summed E-state index contributed by atoms with van der Waals surface area (Å²) < 4.78 is 53.6. The highest BCUT2D eigenvalue weighted by atomic mass is 19.4. The van der Waals surface area contributed by atoms with Gasteiger partial charge < -0.3 is 20.5 Å². The fraction of sp³-hybridized carbons (Fsp3) is 0.364. The SMILES string of the molecule is O=C(NCCO)Nc1ccc(F)cc1OCC(F)(F)F. The molecule has 0 atom stereocenters. The van der Waals surface area contributed by atoms with Gasteiger partial charge in [-0.15, -0.1) is 0 Å². The van der Waals surface area contributed by atoms with Crippen LogP contribution >= 0.6 is 0 Å². The van der Waals surface area contributed by atoms with Gasteiger partial charge in [0.15, 0.2) is 6.61 Å². The van der Waals surface area contributed by atoms with Crippen LogP contribution in [0.3, 0.4) is 0 Å². The van der Waals surface area contributed by atoms with Gasteiger partial charge in [-0.05, 0) is 12.1 Å². The quantitative estimate of drug-likeness (QED) is 0.727. The van der Waals surface area contributed by atoms with Crippen molar-refractivity contribution >= 4 is 11.7 Å². The van der Waals surface area contributed by atoms with Crippen LogP contribution in [-0.2, 0) is 0 Å². The van der Waals surface area contributed by atoms with Gasteiger partial charge >= 0.3 is 12.2 Å². The maximum atomic E-state index is 13.0. The Balaban J connectivity index is 2.76. The number of alkyl halides is 3. The third-order valence-corrected chi connectivity index (χ3v) is 1.98. The summed E-state index contributed by atoms with van der Waals surface area (Å²) >= 11 is 0. The minimum atomic E-state index is -4.58. The van der Waals surface area contributed by atoms with Crippen molar-refractivity contribution in [3.8, 4) is 5.75 Å². The summed E-state index contributed by atoms with van der Waals surface area (Å²) in [5, 5.41) is 12.9. The number of aliphatic hydroxyl groups is 1. The van der Waals surface area contributed by atoms with Gasteiger partial charge in [-0.25, -0.2) is 9.18 Å². The summed E-state index contributed by atoms with van der Waals surface area (Å²) in [6, 6.07) is 2.00. The van der Waals surface area contributed by atoms with Crippen LogP contribution in [0, 0.1) is 5.82 Å². The van der Waals surface area contributed by atoms with E-state index in [4.69, 9.17) is 5.11 Å². The minimum Gasteiger partial charge on any atom is -0.482 e. The van der Waals surface area contributed by atoms with Gasteiger partial charge in [-0.1, -0.05) is 0 Å². The first-order chi connectivity index (χ1) is 9.31. The first kappa shape index (κ1) is 16.0. The predicted octanol–water partition coefficient (Wildman–Crippen LogP) is 1.88. The number of ether oxygens (including phenoxy) is 1. The van der Waals surface area contributed by atoms with Crippen molar-refractivity contribution in [2.75, 3.05) is 25.1 Å². The normalized spacial score (nSPS) is 11.1. The molecule has 0 unspecified atom stereocenters. The number of hydrogen-bond acceptors (Lipinski definition) is 3. The second kappa shape index (κ2) is 6.94. The zero-order valence-corrected chi connectivity index (χ0v) is 10.1. The Morgan fingerprint density at radius 1 is 1.35 bits per heavy atom. The summed E-state index contributed by atoms with van der Waals surface area (Å²) in [5.74, 6) is -1.25. The topological polar surface area (TPSA) is 70.6 Å². The fourth-order valence-corrected chi connectivity index (χ4v) is 1.21. The number of carbonyl (C=O) groups excluding carboxylic acids is 1. The molecule has 1 aromatic carbocycles. The van der Waals surface area contributed by atoms with Crippen molar-refractivity contribution in [3.05, 3.63) is 24.0 Å². The van der Waals surface area contributed by atoms with Gasteiger partial charge in [0.2, 0.25) is 0 Å². The number of urea groups is 1. The van der Waals surface area contributed by atoms with Crippen molar-refractivity contribution in [3.63, 3.8) is 0 Å². The molecule has 0 aliphatic rings. The van der Waals surface area contributed by atoms with Crippen LogP contribution in [0.25, 0.3) is 0 Å². The molecule has 0 heterocycles. The molecular weight excluding hydrogens is 284 g/mol. The van der Waals surface area contributed by atoms with Crippen molar-refractivity contribution in [2.24, 2.45) is 0 Å². The van der Waals surface area contributed by atoms with Gasteiger partial charge in [0.05, 0.1) is 12.3 Å². The van der Waals surface area contributed by atoms with E-state index in [0.29, 0.717) is 0 Å². The Kier molecular flexibility index (Phi) is 5.56. The maximum Gasteiger partial charge on any atom is 0.422 e. The lowest BCUT2D eigenvalue weighted by Gasteiger charge is -2.14. The molecular formula is C11H12F4N2O3. The third kappa shape index (κ3) is 5.74. The number of hydrogen-bond donors (Lipinski definition) is 3. The van der Waals surface area contributed by atoms with Crippen molar-refractivity contribution in [2.45, 2.75) is 6.18 Å². The molecule has 0 aliphatic carbocycles. The van der Waals surface area contributed by atoms with E-state index in [1.54, 1.807) is 0 Å². The first-order valence-corrected chi connectivity index (χ1v) is 5.46. The van der Waals surface area contributed by atoms with Gasteiger partial charge in [0, 0.05) is 12.6 Å². The Morgan fingerprint density at radius 2 is 2.05 bits per heavy atom. The molecule has 2 amide bonds. The summed E-state index contributed by atoms with van der Waals surface area (Å²) in [5.41, 5.74) is -0.119. The second-order valence-electron chi connectivity index (χ2n) is 3.65. The Hall–Kier alpha value is -2.03. The maximum absolute atomic E-state index is 13.0. The smallest absolute Gasteiger partial charge is 0.422 e. The van der Waals surface area contributed by atoms with Crippen molar-refractivity contribution < 1.29 is 32.2 Å². The van der Waals surface area contributed by atoms with E-state index < -0.39 is 30.4 Å². The van der Waals surface area contributed by atoms with Crippen LogP contribution < -0.4 is 15.4 Å². The lowest BCUT2D eigenvalue weighted by Crippen LogP contribution is -2.31. The summed E-state index contributed by atoms with van der Waals surface area (Å²) in [6.45, 7) is -1.94. The van der Waals surface area contributed by atoms with Gasteiger partial charge in [-0.3, -0.25) is 0 Å². The zero-order chi connectivity index (χ0) is 15.2. The summed E-state index contributed by atoms with van der Waals surface area (Å²) in [4.78, 5) is 11.3. The number of aliphatic hydroxyl groups excluding tert-OH is 1. The highest BCUT2D eigenvalue weighted by Crippen LogP contribution is 2.27. The van der Waals surface area contributed by atoms with Crippen molar-refractivity contribution in [1.29, 1.82) is 0 Å². The van der Waals surface area contributed by atoms with E-state index in [2.05, 4.69) is 15.4 Å². The van der Waals surface area contributed by atoms with Gasteiger partial charge in [0.1, 0.15) is 11.6 Å². The number of carbonyl (C=O) groups is 1. The predicted molar refractivity (Wildman–Crippen MR) is 62.1 cm³/mol. The molecule has 0 bridgehead atoms. The Labute approximate surface area is 111 Å². The molecule has 0 radical (unpaired) electrons. The highest BCUT2D eigenvalue weighted by molar-refractivity contribution is 5.90. The first-order valence-electron chi connectivity index (χ1n) is 5.46. The molecule has 0 aromatic heterocycles. The highest BCUT2D eigenvalue weighted by Gasteiger charge is 2.29. The average Bonchev–Trinajstić information content (AvgIpc) is 2.35. The van der Waals surface area contributed by atoms with Crippen molar-refractivity contribution in [1.82, 2.24) is 5.32 Å².